The maximum absolute atomic E-state index is 11.9. The lowest BCUT2D eigenvalue weighted by Gasteiger charge is -2.28. The van der Waals surface area contributed by atoms with Crippen LogP contribution in [0.2, 0.25) is 0 Å². The van der Waals surface area contributed by atoms with Crippen LogP contribution >= 0.6 is 0 Å². The highest BCUT2D eigenvalue weighted by Gasteiger charge is 2.42. The van der Waals surface area contributed by atoms with Crippen molar-refractivity contribution in [2.45, 2.75) is 38.5 Å². The molecule has 2 aliphatic rings. The Morgan fingerprint density at radius 1 is 0.488 bits per heavy atom. The number of rotatable bonds is 4. The number of hydrogen-bond donors (Lipinski definition) is 0. The molecule has 0 unspecified atom stereocenters. The zero-order valence-electron chi connectivity index (χ0n) is 24.8. The lowest BCUT2D eigenvalue weighted by molar-refractivity contribution is 0.652. The monoisotopic (exact) mass is 556 g/mol. The van der Waals surface area contributed by atoms with Crippen LogP contribution in [0, 0.1) is 4.91 Å². The third-order valence-electron chi connectivity index (χ3n) is 9.82. The second kappa shape index (κ2) is 8.99. The van der Waals surface area contributed by atoms with E-state index >= 15 is 0 Å². The second-order valence-electron chi connectivity index (χ2n) is 12.9. The summed E-state index contributed by atoms with van der Waals surface area (Å²) in [6, 6.07) is 43.2. The zero-order valence-corrected chi connectivity index (χ0v) is 24.8. The Morgan fingerprint density at radius 2 is 1.02 bits per heavy atom. The standard InChI is InChI=1S/C40H32N2O/c1-39(2)33-21-27(42(25-13-7-5-8-14-25)26-15-9-6-10-16-26)19-20-28(33)31-22-35-32(23-34(31)39)38-30-18-12-11-17-29(30)37(41-43)24-36(38)40(35,3)4/h5-24H,1-4H3. The maximum atomic E-state index is 11.9. The van der Waals surface area contributed by atoms with Gasteiger partial charge >= 0.3 is 0 Å². The molecule has 6 aromatic rings. The van der Waals surface area contributed by atoms with Gasteiger partial charge in [-0.1, -0.05) is 94.4 Å². The summed E-state index contributed by atoms with van der Waals surface area (Å²) in [5.74, 6) is 0. The SMILES string of the molecule is CC1(C)c2cc(N(c3ccccc3)c3ccccc3)ccc2-c2cc3c(cc21)-c1c(cc(N=O)c2ccccc12)C3(C)C. The molecule has 8 rings (SSSR count). The summed E-state index contributed by atoms with van der Waals surface area (Å²) in [4.78, 5) is 14.2. The van der Waals surface area contributed by atoms with Gasteiger partial charge < -0.3 is 4.90 Å². The van der Waals surface area contributed by atoms with Crippen LogP contribution in [0.25, 0.3) is 33.0 Å². The highest BCUT2D eigenvalue weighted by Crippen LogP contribution is 2.58. The fourth-order valence-corrected chi connectivity index (χ4v) is 7.59. The Labute approximate surface area is 252 Å². The first-order valence-electron chi connectivity index (χ1n) is 14.9. The number of nitroso groups, excluding NO2 is 1. The number of hydrogen-bond acceptors (Lipinski definition) is 3. The summed E-state index contributed by atoms with van der Waals surface area (Å²) >= 11 is 0. The largest absolute Gasteiger partial charge is 0.310 e. The van der Waals surface area contributed by atoms with E-state index in [9.17, 15) is 4.91 Å². The number of benzene rings is 6. The first kappa shape index (κ1) is 25.7. The van der Waals surface area contributed by atoms with Gasteiger partial charge in [0.05, 0.1) is 0 Å². The van der Waals surface area contributed by atoms with Crippen molar-refractivity contribution in [1.29, 1.82) is 0 Å². The molecule has 0 aliphatic heterocycles. The quantitative estimate of drug-likeness (QED) is 0.202. The minimum absolute atomic E-state index is 0.193. The average molecular weight is 557 g/mol. The molecule has 0 radical (unpaired) electrons. The molecule has 0 N–H and O–H groups in total. The summed E-state index contributed by atoms with van der Waals surface area (Å²) in [6.07, 6.45) is 0. The average Bonchev–Trinajstić information content (AvgIpc) is 3.39. The molecule has 6 aromatic carbocycles. The Morgan fingerprint density at radius 3 is 1.67 bits per heavy atom. The minimum atomic E-state index is -0.257. The van der Waals surface area contributed by atoms with Gasteiger partial charge in [-0.3, -0.25) is 0 Å². The van der Waals surface area contributed by atoms with E-state index in [0.29, 0.717) is 5.69 Å². The predicted octanol–water partition coefficient (Wildman–Crippen LogP) is 11.3. The van der Waals surface area contributed by atoms with Gasteiger partial charge in [-0.2, -0.15) is 0 Å². The van der Waals surface area contributed by atoms with Gasteiger partial charge in [0, 0.05) is 33.3 Å². The van der Waals surface area contributed by atoms with Crippen LogP contribution in [-0.4, -0.2) is 0 Å². The predicted molar refractivity (Wildman–Crippen MR) is 179 cm³/mol. The molecule has 43 heavy (non-hydrogen) atoms. The second-order valence-corrected chi connectivity index (χ2v) is 12.9. The summed E-state index contributed by atoms with van der Waals surface area (Å²) in [6.45, 7) is 9.24. The molecule has 208 valence electrons. The lowest BCUT2D eigenvalue weighted by Crippen LogP contribution is -2.17. The third-order valence-corrected chi connectivity index (χ3v) is 9.82. The zero-order chi connectivity index (χ0) is 29.5. The Balaban J connectivity index is 1.33. The van der Waals surface area contributed by atoms with Crippen molar-refractivity contribution < 1.29 is 0 Å². The van der Waals surface area contributed by atoms with E-state index in [-0.39, 0.29) is 10.8 Å². The van der Waals surface area contributed by atoms with Crippen molar-refractivity contribution in [3.05, 3.63) is 148 Å². The van der Waals surface area contributed by atoms with Gasteiger partial charge in [0.1, 0.15) is 5.69 Å². The molecule has 0 spiro atoms. The Hall–Kier alpha value is -5.02. The molecule has 0 saturated carbocycles. The fourth-order valence-electron chi connectivity index (χ4n) is 7.59. The maximum Gasteiger partial charge on any atom is 0.116 e. The summed E-state index contributed by atoms with van der Waals surface area (Å²) in [5.41, 5.74) is 13.7. The van der Waals surface area contributed by atoms with E-state index in [1.807, 2.05) is 18.2 Å². The minimum Gasteiger partial charge on any atom is -0.310 e. The van der Waals surface area contributed by atoms with Gasteiger partial charge in [0.15, 0.2) is 0 Å². The Kier molecular flexibility index (Phi) is 5.37. The molecule has 2 aliphatic carbocycles. The van der Waals surface area contributed by atoms with Crippen molar-refractivity contribution in [2.75, 3.05) is 4.90 Å². The van der Waals surface area contributed by atoms with E-state index in [2.05, 4.69) is 141 Å². The molecule has 0 atom stereocenters. The van der Waals surface area contributed by atoms with Gasteiger partial charge in [-0.25, -0.2) is 0 Å². The molecule has 0 bridgehead atoms. The lowest BCUT2D eigenvalue weighted by atomic mass is 9.79. The normalized spacial score (nSPS) is 15.0. The van der Waals surface area contributed by atoms with Crippen LogP contribution < -0.4 is 4.90 Å². The summed E-state index contributed by atoms with van der Waals surface area (Å²) in [7, 11) is 0. The van der Waals surface area contributed by atoms with Crippen molar-refractivity contribution in [3.63, 3.8) is 0 Å². The molecule has 0 aromatic heterocycles. The van der Waals surface area contributed by atoms with Crippen molar-refractivity contribution >= 4 is 33.5 Å². The smallest absolute Gasteiger partial charge is 0.116 e. The number of para-hydroxylation sites is 2. The molecular formula is C40H32N2O. The summed E-state index contributed by atoms with van der Waals surface area (Å²) < 4.78 is 0. The highest BCUT2D eigenvalue weighted by atomic mass is 16.3. The Bertz CT molecular complexity index is 2050. The highest BCUT2D eigenvalue weighted by molar-refractivity contribution is 6.08. The first-order valence-corrected chi connectivity index (χ1v) is 14.9. The van der Waals surface area contributed by atoms with E-state index < -0.39 is 0 Å². The summed E-state index contributed by atoms with van der Waals surface area (Å²) in [5, 5.41) is 5.44. The van der Waals surface area contributed by atoms with Crippen LogP contribution in [0.4, 0.5) is 22.7 Å². The van der Waals surface area contributed by atoms with Crippen LogP contribution in [0.5, 0.6) is 0 Å². The van der Waals surface area contributed by atoms with Gasteiger partial charge in [-0.15, -0.1) is 4.91 Å². The molecule has 0 fully saturated rings. The van der Waals surface area contributed by atoms with Crippen molar-refractivity contribution in [2.24, 2.45) is 5.18 Å². The van der Waals surface area contributed by atoms with Crippen molar-refractivity contribution in [1.82, 2.24) is 0 Å². The molecule has 3 heteroatoms. The first-order chi connectivity index (χ1) is 20.8. The van der Waals surface area contributed by atoms with E-state index in [1.54, 1.807) is 0 Å². The fraction of sp³-hybridized carbons (Fsp3) is 0.150. The van der Waals surface area contributed by atoms with Crippen LogP contribution in [0.1, 0.15) is 49.9 Å². The van der Waals surface area contributed by atoms with Crippen LogP contribution in [0.15, 0.2) is 127 Å². The third kappa shape index (κ3) is 3.54. The van der Waals surface area contributed by atoms with Gasteiger partial charge in [0.25, 0.3) is 0 Å². The molecule has 0 saturated heterocycles. The molecular weight excluding hydrogens is 524 g/mol. The number of nitrogens with zero attached hydrogens (tertiary/aromatic N) is 2. The van der Waals surface area contributed by atoms with Crippen LogP contribution in [-0.2, 0) is 10.8 Å². The van der Waals surface area contributed by atoms with E-state index in [1.165, 1.54) is 44.5 Å². The topological polar surface area (TPSA) is 32.7 Å². The van der Waals surface area contributed by atoms with Gasteiger partial charge in [0.2, 0.25) is 0 Å². The van der Waals surface area contributed by atoms with E-state index in [0.717, 1.165) is 27.8 Å². The molecule has 3 nitrogen and oxygen atoms in total. The van der Waals surface area contributed by atoms with Crippen LogP contribution in [0.3, 0.4) is 0 Å². The van der Waals surface area contributed by atoms with E-state index in [4.69, 9.17) is 0 Å². The molecule has 0 amide bonds. The van der Waals surface area contributed by atoms with Crippen molar-refractivity contribution in [3.8, 4) is 22.3 Å². The van der Waals surface area contributed by atoms with Gasteiger partial charge in [-0.05, 0) is 110 Å². The number of fused-ring (bicyclic) bond motifs is 8. The molecule has 0 heterocycles. The number of anilines is 3.